The first-order valence-corrected chi connectivity index (χ1v) is 16.3. The second kappa shape index (κ2) is 15.2. The molecular formula is C37H41ClN2O4. The van der Waals surface area contributed by atoms with Crippen LogP contribution in [0.2, 0.25) is 0 Å². The van der Waals surface area contributed by atoms with E-state index in [1.807, 2.05) is 80.6 Å². The largest absolute Gasteiger partial charge is 0.372 e. The smallest absolute Gasteiger partial charge is 0.294 e. The van der Waals surface area contributed by atoms with Gasteiger partial charge in [-0.3, -0.25) is 0 Å². The van der Waals surface area contributed by atoms with Gasteiger partial charge < -0.3 is 9.80 Å². The van der Waals surface area contributed by atoms with Crippen molar-refractivity contribution in [2.75, 3.05) is 36.0 Å². The van der Waals surface area contributed by atoms with Crippen molar-refractivity contribution in [3.63, 3.8) is 0 Å². The van der Waals surface area contributed by atoms with Crippen LogP contribution >= 0.6 is 0 Å². The summed E-state index contributed by atoms with van der Waals surface area (Å²) in [7, 11) is -4.83. The lowest BCUT2D eigenvalue weighted by Gasteiger charge is -2.32. The fourth-order valence-corrected chi connectivity index (χ4v) is 6.22. The molecule has 4 rings (SSSR count). The molecule has 0 fully saturated rings. The summed E-state index contributed by atoms with van der Waals surface area (Å²) in [6.45, 7) is 11.4. The molecular weight excluding hydrogens is 572 g/mol. The third-order valence-corrected chi connectivity index (χ3v) is 8.24. The molecule has 0 saturated carbocycles. The van der Waals surface area contributed by atoms with Gasteiger partial charge in [-0.25, -0.2) is 0 Å². The monoisotopic (exact) mass is 612 g/mol. The lowest BCUT2D eigenvalue weighted by Crippen LogP contribution is -2.64. The Balaban J connectivity index is 2.01. The summed E-state index contributed by atoms with van der Waals surface area (Å²) < 4.78 is 43.0. The van der Waals surface area contributed by atoms with Crippen LogP contribution in [0, 0.1) is 10.2 Å². The molecule has 230 valence electrons. The van der Waals surface area contributed by atoms with E-state index in [2.05, 4.69) is 47.9 Å². The second-order valence-corrected chi connectivity index (χ2v) is 11.2. The molecule has 0 aromatic heterocycles. The highest BCUT2D eigenvalue weighted by Crippen LogP contribution is 2.42. The highest BCUT2D eigenvalue weighted by atomic mass is 35.7. The molecule has 0 amide bonds. The van der Waals surface area contributed by atoms with Crippen LogP contribution in [0.5, 0.6) is 0 Å². The predicted molar refractivity (Wildman–Crippen MR) is 171 cm³/mol. The molecule has 44 heavy (non-hydrogen) atoms. The number of para-hydroxylation sites is 2. The number of benzene rings is 4. The first kappa shape index (κ1) is 33.0. The Kier molecular flexibility index (Phi) is 11.4. The number of allylic oxidation sites excluding steroid dienone is 2. The fourth-order valence-electron chi connectivity index (χ4n) is 5.70. The van der Waals surface area contributed by atoms with Crippen LogP contribution in [-0.2, 0) is 9.89 Å². The van der Waals surface area contributed by atoms with Crippen molar-refractivity contribution in [1.29, 1.82) is 0 Å². The van der Waals surface area contributed by atoms with E-state index in [0.717, 1.165) is 41.2 Å². The summed E-state index contributed by atoms with van der Waals surface area (Å²) in [6, 6.07) is 34.8. The fraction of sp³-hybridized carbons (Fsp3) is 0.243. The molecule has 4 aromatic rings. The molecule has 0 radical (unpaired) electrons. The lowest BCUT2D eigenvalue weighted by atomic mass is 9.84. The first-order valence-electron chi connectivity index (χ1n) is 15.1. The maximum absolute atomic E-state index is 12.5. The molecule has 0 heterocycles. The lowest BCUT2D eigenvalue weighted by molar-refractivity contribution is -1.92. The normalized spacial score (nSPS) is 13.6. The van der Waals surface area contributed by atoms with E-state index in [9.17, 15) is 14.0 Å². The molecule has 0 bridgehead atoms. The topological polar surface area (TPSA) is 84.9 Å². The van der Waals surface area contributed by atoms with Gasteiger partial charge in [0.15, 0.2) is 0 Å². The van der Waals surface area contributed by atoms with Crippen molar-refractivity contribution in [1.82, 2.24) is 0 Å². The van der Waals surface area contributed by atoms with Gasteiger partial charge in [0.05, 0.1) is 14.5 Å². The number of halogens is 1. The van der Waals surface area contributed by atoms with Crippen molar-refractivity contribution in [3.05, 3.63) is 150 Å². The van der Waals surface area contributed by atoms with Crippen LogP contribution in [0.15, 0.2) is 127 Å². The minimum atomic E-state index is -4.83. The van der Waals surface area contributed by atoms with Crippen molar-refractivity contribution in [3.8, 4) is 0 Å². The number of rotatable bonds is 14. The van der Waals surface area contributed by atoms with Crippen LogP contribution in [-0.4, -0.2) is 26.2 Å². The van der Waals surface area contributed by atoms with Gasteiger partial charge >= 0.3 is 0 Å². The summed E-state index contributed by atoms with van der Waals surface area (Å²) >= 11 is 0. The van der Waals surface area contributed by atoms with Gasteiger partial charge in [0.1, 0.15) is 0 Å². The van der Waals surface area contributed by atoms with Gasteiger partial charge in [-0.05, 0) is 57.0 Å². The highest BCUT2D eigenvalue weighted by molar-refractivity contribution is 5.87. The third-order valence-electron chi connectivity index (χ3n) is 7.80. The van der Waals surface area contributed by atoms with Crippen molar-refractivity contribution >= 4 is 16.9 Å². The van der Waals surface area contributed by atoms with E-state index in [-0.39, 0.29) is 0 Å². The van der Waals surface area contributed by atoms with E-state index in [0.29, 0.717) is 24.2 Å². The van der Waals surface area contributed by atoms with Gasteiger partial charge in [-0.15, -0.1) is 0 Å². The average molecular weight is 613 g/mol. The van der Waals surface area contributed by atoms with E-state index in [1.165, 1.54) is 0 Å². The van der Waals surface area contributed by atoms with Crippen LogP contribution in [0.3, 0.4) is 0 Å². The van der Waals surface area contributed by atoms with E-state index >= 15 is 0 Å². The summed E-state index contributed by atoms with van der Waals surface area (Å²) in [5.41, 5.74) is 4.20. The van der Waals surface area contributed by atoms with Crippen molar-refractivity contribution < 1.29 is 28.5 Å². The van der Waals surface area contributed by atoms with E-state index < -0.39 is 15.8 Å². The Morgan fingerprint density at radius 2 is 1.16 bits per heavy atom. The third kappa shape index (κ3) is 7.59. The standard InChI is InChI=1S/C37H41ClN2O4/c1-5-39(6-2)35-27-17-15-24-33(35)32(30-20-11-9-12-21-30)25-19-29-37(44-38(41,42)43,31-22-13-10-14-23-31)34-26-16-18-28-36(34)40(7-3)8-4/h9-29H,5-8H2,1-4H3/b29-19+,32-25+. The molecule has 0 aliphatic heterocycles. The average Bonchev–Trinajstić information content (AvgIpc) is 3.05. The molecule has 1 atom stereocenters. The first-order chi connectivity index (χ1) is 21.3. The molecule has 0 spiro atoms. The Morgan fingerprint density at radius 1 is 0.659 bits per heavy atom. The maximum Gasteiger partial charge on any atom is 0.294 e. The summed E-state index contributed by atoms with van der Waals surface area (Å²) in [5.74, 6) is 0. The Bertz CT molecular complexity index is 1530. The quantitative estimate of drug-likeness (QED) is 0.182. The number of hydrogen-bond acceptors (Lipinski definition) is 6. The van der Waals surface area contributed by atoms with E-state index in [4.69, 9.17) is 4.29 Å². The number of anilines is 2. The Hall–Kier alpha value is -3.91. The van der Waals surface area contributed by atoms with Crippen molar-refractivity contribution in [2.24, 2.45) is 0 Å². The highest BCUT2D eigenvalue weighted by Gasteiger charge is 2.49. The van der Waals surface area contributed by atoms with Gasteiger partial charge in [0, 0.05) is 54.2 Å². The zero-order chi connectivity index (χ0) is 31.6. The second-order valence-electron chi connectivity index (χ2n) is 10.2. The molecule has 0 aliphatic carbocycles. The van der Waals surface area contributed by atoms with Crippen molar-refractivity contribution in [2.45, 2.75) is 33.3 Å². The predicted octanol–water partition coefficient (Wildman–Crippen LogP) is 5.22. The summed E-state index contributed by atoms with van der Waals surface area (Å²) in [5, 5.41) is 0. The summed E-state index contributed by atoms with van der Waals surface area (Å²) in [6.07, 6.45) is 5.44. The minimum Gasteiger partial charge on any atom is -0.372 e. The van der Waals surface area contributed by atoms with E-state index in [1.54, 1.807) is 36.4 Å². The zero-order valence-corrected chi connectivity index (χ0v) is 26.6. The minimum absolute atomic E-state index is 0.515. The number of nitrogens with zero attached hydrogens (tertiary/aromatic N) is 2. The molecule has 0 aliphatic rings. The van der Waals surface area contributed by atoms with Crippen LogP contribution in [0.4, 0.5) is 11.4 Å². The summed E-state index contributed by atoms with van der Waals surface area (Å²) in [4.78, 5) is 4.42. The van der Waals surface area contributed by atoms with Gasteiger partial charge in [-0.1, -0.05) is 109 Å². The van der Waals surface area contributed by atoms with Crippen LogP contribution in [0.25, 0.3) is 5.57 Å². The SMILES string of the molecule is CCN(CC)c1ccccc1/C(=C/C=C/C(O[Cl+3]([O-])([O-])[O-])(c1ccccc1)c1ccccc1N(CC)CC)c1ccccc1. The van der Waals surface area contributed by atoms with Crippen LogP contribution < -0.4 is 23.8 Å². The Labute approximate surface area is 263 Å². The molecule has 4 aromatic carbocycles. The molecule has 1 unspecified atom stereocenters. The van der Waals surface area contributed by atoms with Gasteiger partial charge in [-0.2, -0.15) is 14.0 Å². The molecule has 6 nitrogen and oxygen atoms in total. The van der Waals surface area contributed by atoms with Crippen LogP contribution in [0.1, 0.15) is 49.9 Å². The zero-order valence-electron chi connectivity index (χ0n) is 25.9. The van der Waals surface area contributed by atoms with Gasteiger partial charge in [0.25, 0.3) is 5.60 Å². The molecule has 7 heteroatoms. The molecule has 0 N–H and O–H groups in total. The molecule has 0 saturated heterocycles. The van der Waals surface area contributed by atoms with Gasteiger partial charge in [0.2, 0.25) is 0 Å². The maximum atomic E-state index is 12.5. The number of hydrogen-bond donors (Lipinski definition) is 0. The Morgan fingerprint density at radius 3 is 1.75 bits per heavy atom.